The van der Waals surface area contributed by atoms with Gasteiger partial charge in [0, 0.05) is 18.2 Å². The average molecular weight is 348 g/mol. The van der Waals surface area contributed by atoms with Crippen molar-refractivity contribution in [1.82, 2.24) is 9.62 Å². The summed E-state index contributed by atoms with van der Waals surface area (Å²) >= 11 is 10.9. The molecule has 1 unspecified atom stereocenters. The maximum Gasteiger partial charge on any atom is 0.240 e. The normalized spacial score (nSPS) is 19.8. The van der Waals surface area contributed by atoms with Gasteiger partial charge in [0.2, 0.25) is 10.0 Å². The SMILES string of the molecule is CN1CCCC1CNS(=O)(=O)c1ccc(C(N)=S)c(Cl)c1. The Morgan fingerprint density at radius 1 is 1.57 bits per heavy atom. The number of halogens is 1. The standard InChI is InChI=1S/C13H18ClN3O2S2/c1-17-6-2-3-9(17)8-16-21(18,19)10-4-5-11(13(15)20)12(14)7-10/h4-5,7,9,16H,2-3,6,8H2,1H3,(H2,15,20). The van der Waals surface area contributed by atoms with Gasteiger partial charge in [-0.3, -0.25) is 0 Å². The van der Waals surface area contributed by atoms with Gasteiger partial charge in [-0.25, -0.2) is 13.1 Å². The van der Waals surface area contributed by atoms with Gasteiger partial charge in [0.25, 0.3) is 0 Å². The van der Waals surface area contributed by atoms with Crippen LogP contribution in [0, 0.1) is 0 Å². The summed E-state index contributed by atoms with van der Waals surface area (Å²) < 4.78 is 27.2. The first kappa shape index (κ1) is 16.6. The second-order valence-corrected chi connectivity index (χ2v) is 7.75. The maximum atomic E-state index is 12.3. The van der Waals surface area contributed by atoms with E-state index >= 15 is 0 Å². The minimum Gasteiger partial charge on any atom is -0.389 e. The van der Waals surface area contributed by atoms with Crippen molar-refractivity contribution in [2.24, 2.45) is 5.73 Å². The maximum absolute atomic E-state index is 12.3. The summed E-state index contributed by atoms with van der Waals surface area (Å²) in [6.07, 6.45) is 2.09. The molecule has 1 atom stereocenters. The minimum atomic E-state index is -3.58. The Balaban J connectivity index is 2.12. The molecule has 1 aliphatic rings. The Morgan fingerprint density at radius 3 is 2.81 bits per heavy atom. The van der Waals surface area contributed by atoms with Crippen molar-refractivity contribution in [3.63, 3.8) is 0 Å². The zero-order valence-electron chi connectivity index (χ0n) is 11.7. The fourth-order valence-corrected chi connectivity index (χ4v) is 4.07. The van der Waals surface area contributed by atoms with E-state index in [9.17, 15) is 8.42 Å². The summed E-state index contributed by atoms with van der Waals surface area (Å²) in [5.74, 6) is 0. The molecule has 1 saturated heterocycles. The van der Waals surface area contributed by atoms with Crippen LogP contribution in [0.2, 0.25) is 5.02 Å². The molecule has 0 amide bonds. The van der Waals surface area contributed by atoms with Gasteiger partial charge in [-0.15, -0.1) is 0 Å². The van der Waals surface area contributed by atoms with Gasteiger partial charge >= 0.3 is 0 Å². The largest absolute Gasteiger partial charge is 0.389 e. The van der Waals surface area contributed by atoms with Gasteiger partial charge < -0.3 is 10.6 Å². The number of hydrogen-bond donors (Lipinski definition) is 2. The molecule has 0 spiro atoms. The molecule has 0 aromatic heterocycles. The zero-order chi connectivity index (χ0) is 15.6. The van der Waals surface area contributed by atoms with Crippen LogP contribution in [0.3, 0.4) is 0 Å². The van der Waals surface area contributed by atoms with Gasteiger partial charge in [0.15, 0.2) is 0 Å². The molecule has 0 saturated carbocycles. The van der Waals surface area contributed by atoms with E-state index in [0.29, 0.717) is 12.1 Å². The van der Waals surface area contributed by atoms with Crippen LogP contribution < -0.4 is 10.5 Å². The van der Waals surface area contributed by atoms with Crippen molar-refractivity contribution in [1.29, 1.82) is 0 Å². The first-order valence-corrected chi connectivity index (χ1v) is 8.87. The summed E-state index contributed by atoms with van der Waals surface area (Å²) in [5, 5.41) is 0.239. The average Bonchev–Trinajstić information content (AvgIpc) is 2.81. The molecule has 21 heavy (non-hydrogen) atoms. The third-order valence-corrected chi connectivity index (χ3v) is 5.65. The lowest BCUT2D eigenvalue weighted by atomic mass is 10.2. The number of benzene rings is 1. The van der Waals surface area contributed by atoms with Crippen molar-refractivity contribution in [2.75, 3.05) is 20.1 Å². The van der Waals surface area contributed by atoms with Crippen LogP contribution in [-0.4, -0.2) is 44.5 Å². The van der Waals surface area contributed by atoms with Crippen LogP contribution in [0.5, 0.6) is 0 Å². The summed E-state index contributed by atoms with van der Waals surface area (Å²) in [6.45, 7) is 1.40. The van der Waals surface area contributed by atoms with E-state index in [-0.39, 0.29) is 20.9 Å². The Kier molecular flexibility index (Phi) is 5.21. The first-order valence-electron chi connectivity index (χ1n) is 6.60. The number of likely N-dealkylation sites (tertiary alicyclic amines) is 1. The molecule has 3 N–H and O–H groups in total. The van der Waals surface area contributed by atoms with Crippen molar-refractivity contribution in [3.05, 3.63) is 28.8 Å². The molecule has 5 nitrogen and oxygen atoms in total. The molecule has 1 fully saturated rings. The van der Waals surface area contributed by atoms with Crippen molar-refractivity contribution < 1.29 is 8.42 Å². The second kappa shape index (κ2) is 6.58. The summed E-state index contributed by atoms with van der Waals surface area (Å²) in [7, 11) is -1.58. The highest BCUT2D eigenvalue weighted by molar-refractivity contribution is 7.89. The Morgan fingerprint density at radius 2 is 2.29 bits per heavy atom. The fraction of sp³-hybridized carbons (Fsp3) is 0.462. The van der Waals surface area contributed by atoms with E-state index in [2.05, 4.69) is 9.62 Å². The zero-order valence-corrected chi connectivity index (χ0v) is 14.1. The molecule has 0 radical (unpaired) electrons. The molecule has 1 aromatic rings. The quantitative estimate of drug-likeness (QED) is 0.786. The topological polar surface area (TPSA) is 75.4 Å². The van der Waals surface area contributed by atoms with E-state index in [1.54, 1.807) is 0 Å². The molecule has 1 heterocycles. The van der Waals surface area contributed by atoms with Crippen molar-refractivity contribution in [3.8, 4) is 0 Å². The smallest absolute Gasteiger partial charge is 0.240 e. The van der Waals surface area contributed by atoms with E-state index in [1.165, 1.54) is 18.2 Å². The lowest BCUT2D eigenvalue weighted by molar-refractivity contribution is 0.311. The fourth-order valence-electron chi connectivity index (χ4n) is 2.39. The third kappa shape index (κ3) is 3.92. The predicted octanol–water partition coefficient (Wildman–Crippen LogP) is 1.35. The summed E-state index contributed by atoms with van der Waals surface area (Å²) in [6, 6.07) is 4.60. The van der Waals surface area contributed by atoms with E-state index < -0.39 is 10.0 Å². The predicted molar refractivity (Wildman–Crippen MR) is 88.2 cm³/mol. The molecule has 8 heteroatoms. The number of sulfonamides is 1. The van der Waals surface area contributed by atoms with E-state index in [0.717, 1.165) is 19.4 Å². The Labute approximate surface area is 135 Å². The number of nitrogens with two attached hydrogens (primary N) is 1. The van der Waals surface area contributed by atoms with Crippen LogP contribution in [-0.2, 0) is 10.0 Å². The van der Waals surface area contributed by atoms with Crippen molar-refractivity contribution in [2.45, 2.75) is 23.8 Å². The van der Waals surface area contributed by atoms with Gasteiger partial charge in [-0.05, 0) is 44.6 Å². The van der Waals surface area contributed by atoms with E-state index in [4.69, 9.17) is 29.6 Å². The molecule has 1 aliphatic heterocycles. The van der Waals surface area contributed by atoms with Gasteiger partial charge in [0.05, 0.1) is 9.92 Å². The van der Waals surface area contributed by atoms with Crippen LogP contribution in [0.25, 0.3) is 0 Å². The Hall–Kier alpha value is -0.730. The van der Waals surface area contributed by atoms with Gasteiger partial charge in [0.1, 0.15) is 4.99 Å². The molecule has 0 bridgehead atoms. The number of nitrogens with one attached hydrogen (secondary N) is 1. The highest BCUT2D eigenvalue weighted by Gasteiger charge is 2.23. The van der Waals surface area contributed by atoms with Crippen LogP contribution in [0.4, 0.5) is 0 Å². The molecule has 0 aliphatic carbocycles. The molecule has 2 rings (SSSR count). The summed E-state index contributed by atoms with van der Waals surface area (Å²) in [4.78, 5) is 2.42. The molecular weight excluding hydrogens is 330 g/mol. The monoisotopic (exact) mass is 347 g/mol. The molecular formula is C13H18ClN3O2S2. The highest BCUT2D eigenvalue weighted by atomic mass is 35.5. The highest BCUT2D eigenvalue weighted by Crippen LogP contribution is 2.21. The lowest BCUT2D eigenvalue weighted by Crippen LogP contribution is -2.38. The molecule has 1 aromatic carbocycles. The minimum absolute atomic E-state index is 0.119. The number of rotatable bonds is 5. The number of nitrogens with zero attached hydrogens (tertiary/aromatic N) is 1. The number of likely N-dealkylation sites (N-methyl/N-ethyl adjacent to an activating group) is 1. The molecule has 116 valence electrons. The lowest BCUT2D eigenvalue weighted by Gasteiger charge is -2.19. The van der Waals surface area contributed by atoms with Gasteiger partial charge in [-0.2, -0.15) is 0 Å². The van der Waals surface area contributed by atoms with Crippen LogP contribution in [0.1, 0.15) is 18.4 Å². The third-order valence-electron chi connectivity index (χ3n) is 3.70. The Bertz CT molecular complexity index is 649. The summed E-state index contributed by atoms with van der Waals surface area (Å²) in [5.41, 5.74) is 5.98. The van der Waals surface area contributed by atoms with E-state index in [1.807, 2.05) is 7.05 Å². The van der Waals surface area contributed by atoms with Crippen LogP contribution in [0.15, 0.2) is 23.1 Å². The number of thiocarbonyl (C=S) groups is 1. The van der Waals surface area contributed by atoms with Gasteiger partial charge in [-0.1, -0.05) is 23.8 Å². The first-order chi connectivity index (χ1) is 9.81. The van der Waals surface area contributed by atoms with Crippen molar-refractivity contribution >= 4 is 38.8 Å². The van der Waals surface area contributed by atoms with Crippen LogP contribution >= 0.6 is 23.8 Å². The second-order valence-electron chi connectivity index (χ2n) is 5.13. The number of hydrogen-bond acceptors (Lipinski definition) is 4.